The van der Waals surface area contributed by atoms with E-state index in [1.165, 1.54) is 23.3 Å². The van der Waals surface area contributed by atoms with Crippen LogP contribution in [0, 0.1) is 5.82 Å². The van der Waals surface area contributed by atoms with Gasteiger partial charge in [-0.15, -0.1) is 0 Å². The Morgan fingerprint density at radius 1 is 0.860 bits per heavy atom. The number of halogens is 1. The zero-order valence-corrected chi connectivity index (χ0v) is 23.7. The molecule has 0 spiro atoms. The van der Waals surface area contributed by atoms with Crippen molar-refractivity contribution in [1.82, 2.24) is 15.3 Å². The normalized spacial score (nSPS) is 14.3. The van der Waals surface area contributed by atoms with Crippen molar-refractivity contribution in [2.24, 2.45) is 0 Å². The number of carbonyl (C=O) groups excluding carboxylic acids is 1. The molecule has 4 aromatic carbocycles. The smallest absolute Gasteiger partial charge is 0.307 e. The van der Waals surface area contributed by atoms with E-state index in [4.69, 9.17) is 15.1 Å². The van der Waals surface area contributed by atoms with Crippen LogP contribution in [0.1, 0.15) is 63.6 Å². The van der Waals surface area contributed by atoms with Crippen LogP contribution < -0.4 is 5.32 Å². The van der Waals surface area contributed by atoms with Gasteiger partial charge in [0.25, 0.3) is 5.91 Å². The Balaban J connectivity index is 1.26. The van der Waals surface area contributed by atoms with Crippen LogP contribution in [-0.4, -0.2) is 27.0 Å². The van der Waals surface area contributed by atoms with Gasteiger partial charge >= 0.3 is 5.97 Å². The molecule has 0 aliphatic heterocycles. The fraction of sp³-hybridized carbons (Fsp3) is 0.222. The molecule has 0 fully saturated rings. The summed E-state index contributed by atoms with van der Waals surface area (Å²) in [5.41, 5.74) is 8.32. The first-order valence-electron chi connectivity index (χ1n) is 14.7. The number of carboxylic acid groups (broad SMARTS) is 1. The van der Waals surface area contributed by atoms with E-state index >= 15 is 0 Å². The lowest BCUT2D eigenvalue weighted by Crippen LogP contribution is -2.31. The topological polar surface area (TPSA) is 92.2 Å². The first-order valence-corrected chi connectivity index (χ1v) is 14.7. The molecule has 1 aliphatic carbocycles. The van der Waals surface area contributed by atoms with Gasteiger partial charge in [0, 0.05) is 11.1 Å². The number of nitrogens with zero attached hydrogens (tertiary/aromatic N) is 2. The molecule has 0 saturated heterocycles. The van der Waals surface area contributed by atoms with Gasteiger partial charge < -0.3 is 10.4 Å². The number of fused-ring (bicyclic) bond motifs is 2. The molecule has 216 valence electrons. The molecule has 0 bridgehead atoms. The number of carboxylic acids is 1. The van der Waals surface area contributed by atoms with Crippen LogP contribution in [0.5, 0.6) is 0 Å². The summed E-state index contributed by atoms with van der Waals surface area (Å²) in [6.07, 6.45) is 5.05. The number of hydrogen-bond acceptors (Lipinski definition) is 4. The van der Waals surface area contributed by atoms with Crippen molar-refractivity contribution in [3.63, 3.8) is 0 Å². The summed E-state index contributed by atoms with van der Waals surface area (Å²) >= 11 is 0. The van der Waals surface area contributed by atoms with E-state index < -0.39 is 5.97 Å². The average Bonchev–Trinajstić information content (AvgIpc) is 3.01. The highest BCUT2D eigenvalue weighted by Crippen LogP contribution is 2.30. The summed E-state index contributed by atoms with van der Waals surface area (Å²) in [5, 5.41) is 12.4. The highest BCUT2D eigenvalue weighted by atomic mass is 19.1. The highest BCUT2D eigenvalue weighted by molar-refractivity contribution is 5.97. The number of benzene rings is 4. The highest BCUT2D eigenvalue weighted by Gasteiger charge is 2.22. The second-order valence-electron chi connectivity index (χ2n) is 11.1. The van der Waals surface area contributed by atoms with Crippen LogP contribution in [-0.2, 0) is 30.5 Å². The van der Waals surface area contributed by atoms with E-state index in [2.05, 4.69) is 17.4 Å². The summed E-state index contributed by atoms with van der Waals surface area (Å²) in [7, 11) is 0. The van der Waals surface area contributed by atoms with Crippen molar-refractivity contribution in [3.8, 4) is 11.3 Å². The fourth-order valence-electron chi connectivity index (χ4n) is 5.92. The second-order valence-corrected chi connectivity index (χ2v) is 11.1. The number of hydrogen-bond donors (Lipinski definition) is 2. The number of aryl methyl sites for hydroxylation is 3. The van der Waals surface area contributed by atoms with Crippen molar-refractivity contribution in [2.45, 2.75) is 51.0 Å². The van der Waals surface area contributed by atoms with Gasteiger partial charge in [-0.2, -0.15) is 0 Å². The molecule has 0 saturated carbocycles. The summed E-state index contributed by atoms with van der Waals surface area (Å²) < 4.78 is 13.7. The maximum Gasteiger partial charge on any atom is 0.307 e. The van der Waals surface area contributed by atoms with Crippen molar-refractivity contribution >= 4 is 22.9 Å². The van der Waals surface area contributed by atoms with Crippen molar-refractivity contribution in [2.75, 3.05) is 0 Å². The van der Waals surface area contributed by atoms with Gasteiger partial charge in [-0.05, 0) is 103 Å². The number of amides is 1. The lowest BCUT2D eigenvalue weighted by molar-refractivity contribution is -0.136. The molecule has 7 heteroatoms. The lowest BCUT2D eigenvalue weighted by Gasteiger charge is -2.26. The summed E-state index contributed by atoms with van der Waals surface area (Å²) in [4.78, 5) is 34.4. The Hall–Kier alpha value is -4.91. The Bertz CT molecular complexity index is 1800. The number of aliphatic carboxylic acids is 1. The van der Waals surface area contributed by atoms with E-state index in [1.54, 1.807) is 24.3 Å². The fourth-order valence-corrected chi connectivity index (χ4v) is 5.92. The molecule has 1 heterocycles. The molecule has 1 amide bonds. The molecular weight excluding hydrogens is 541 g/mol. The van der Waals surface area contributed by atoms with E-state index in [0.717, 1.165) is 54.5 Å². The second kappa shape index (κ2) is 12.5. The molecule has 0 radical (unpaired) electrons. The predicted molar refractivity (Wildman–Crippen MR) is 164 cm³/mol. The zero-order chi connectivity index (χ0) is 29.8. The SMILES string of the molecule is O=C(O)Cc1cccc(CCCc2nc3cc(C(=O)N[C@H]4CCCc5ccccc54)ccc3nc2-c2ccc(F)cc2)c1. The van der Waals surface area contributed by atoms with Crippen LogP contribution in [0.25, 0.3) is 22.3 Å². The third-order valence-corrected chi connectivity index (χ3v) is 8.02. The first kappa shape index (κ1) is 28.2. The number of aromatic nitrogens is 2. The number of rotatable bonds is 9. The third kappa shape index (κ3) is 6.61. The average molecular weight is 574 g/mol. The molecule has 6 nitrogen and oxygen atoms in total. The standard InChI is InChI=1S/C36H32FN3O3/c37-28-17-14-26(15-18-28)35-32(13-4-7-23-6-3-8-24(20-23)21-34(41)42)38-33-22-27(16-19-31(33)39-35)36(43)40-30-12-5-10-25-9-1-2-11-29(25)30/h1-3,6,8-9,11,14-20,22,30H,4-5,7,10,12-13,21H2,(H,40,43)(H,41,42)/t30-/m0/s1. The van der Waals surface area contributed by atoms with Crippen LogP contribution in [0.3, 0.4) is 0 Å². The molecular formula is C36H32FN3O3. The molecule has 6 rings (SSSR count). The molecule has 1 aromatic heterocycles. The van der Waals surface area contributed by atoms with Gasteiger partial charge in [-0.3, -0.25) is 9.59 Å². The lowest BCUT2D eigenvalue weighted by atomic mass is 9.87. The Morgan fingerprint density at radius 3 is 2.51 bits per heavy atom. The van der Waals surface area contributed by atoms with Gasteiger partial charge in [0.1, 0.15) is 5.82 Å². The zero-order valence-electron chi connectivity index (χ0n) is 23.7. The maximum absolute atomic E-state index is 13.7. The summed E-state index contributed by atoms with van der Waals surface area (Å²) in [5.74, 6) is -1.32. The van der Waals surface area contributed by atoms with Crippen molar-refractivity contribution in [3.05, 3.63) is 130 Å². The minimum atomic E-state index is -0.857. The summed E-state index contributed by atoms with van der Waals surface area (Å²) in [6.45, 7) is 0. The Labute approximate surface area is 249 Å². The third-order valence-electron chi connectivity index (χ3n) is 8.02. The van der Waals surface area contributed by atoms with Gasteiger partial charge in [-0.1, -0.05) is 48.5 Å². The van der Waals surface area contributed by atoms with Gasteiger partial charge in [0.2, 0.25) is 0 Å². The van der Waals surface area contributed by atoms with E-state index in [0.29, 0.717) is 28.7 Å². The Kier molecular flexibility index (Phi) is 8.22. The van der Waals surface area contributed by atoms with E-state index in [-0.39, 0.29) is 24.2 Å². The van der Waals surface area contributed by atoms with Gasteiger partial charge in [0.05, 0.1) is 34.9 Å². The van der Waals surface area contributed by atoms with Crippen LogP contribution in [0.15, 0.2) is 91.0 Å². The van der Waals surface area contributed by atoms with Crippen LogP contribution in [0.4, 0.5) is 4.39 Å². The predicted octanol–water partition coefficient (Wildman–Crippen LogP) is 7.05. The largest absolute Gasteiger partial charge is 0.481 e. The number of carbonyl (C=O) groups is 2. The quantitative estimate of drug-likeness (QED) is 0.197. The van der Waals surface area contributed by atoms with Crippen molar-refractivity contribution in [1.29, 1.82) is 0 Å². The molecule has 0 unspecified atom stereocenters. The number of nitrogens with one attached hydrogen (secondary N) is 1. The van der Waals surface area contributed by atoms with Crippen LogP contribution >= 0.6 is 0 Å². The molecule has 5 aromatic rings. The van der Waals surface area contributed by atoms with Gasteiger partial charge in [0.15, 0.2) is 0 Å². The van der Waals surface area contributed by atoms with Gasteiger partial charge in [-0.25, -0.2) is 14.4 Å². The molecule has 2 N–H and O–H groups in total. The Morgan fingerprint density at radius 2 is 1.67 bits per heavy atom. The monoisotopic (exact) mass is 573 g/mol. The molecule has 1 aliphatic rings. The molecule has 1 atom stereocenters. The van der Waals surface area contributed by atoms with E-state index in [1.807, 2.05) is 42.5 Å². The van der Waals surface area contributed by atoms with Crippen LogP contribution in [0.2, 0.25) is 0 Å². The minimum absolute atomic E-state index is 0.0120. The first-order chi connectivity index (χ1) is 20.9. The minimum Gasteiger partial charge on any atom is -0.481 e. The van der Waals surface area contributed by atoms with E-state index in [9.17, 15) is 14.0 Å². The molecule has 43 heavy (non-hydrogen) atoms. The maximum atomic E-state index is 13.7. The van der Waals surface area contributed by atoms with Crippen molar-refractivity contribution < 1.29 is 19.1 Å². The summed E-state index contributed by atoms with van der Waals surface area (Å²) in [6, 6.07) is 27.5.